The summed E-state index contributed by atoms with van der Waals surface area (Å²) in [6.07, 6.45) is 7.14. The minimum Gasteiger partial charge on any atom is -0.376 e. The molecule has 1 aliphatic heterocycles. The molecule has 3 aromatic rings. The Labute approximate surface area is 151 Å². The number of pyridine rings is 1. The largest absolute Gasteiger partial charge is 0.376 e. The second-order valence-corrected chi connectivity index (χ2v) is 6.40. The summed E-state index contributed by atoms with van der Waals surface area (Å²) in [6.45, 7) is 1.79. The Morgan fingerprint density at radius 2 is 1.96 bits per heavy atom. The van der Waals surface area contributed by atoms with Gasteiger partial charge in [-0.1, -0.05) is 6.07 Å². The van der Waals surface area contributed by atoms with Gasteiger partial charge in [0.25, 0.3) is 5.91 Å². The number of aromatic nitrogens is 3. The number of fused-ring (bicyclic) bond motifs is 1. The van der Waals surface area contributed by atoms with Crippen molar-refractivity contribution in [1.29, 1.82) is 0 Å². The molecule has 1 aromatic carbocycles. The highest BCUT2D eigenvalue weighted by Gasteiger charge is 2.24. The summed E-state index contributed by atoms with van der Waals surface area (Å²) < 4.78 is 5.74. The zero-order valence-corrected chi connectivity index (χ0v) is 14.4. The maximum Gasteiger partial charge on any atom is 0.254 e. The molecule has 0 spiro atoms. The Balaban J connectivity index is 1.60. The number of nitrogens with zero attached hydrogens (tertiary/aromatic N) is 4. The molecule has 1 aliphatic rings. The molecule has 0 radical (unpaired) electrons. The van der Waals surface area contributed by atoms with E-state index in [-0.39, 0.29) is 12.0 Å². The molecule has 3 heterocycles. The van der Waals surface area contributed by atoms with Gasteiger partial charge in [-0.05, 0) is 43.2 Å². The molecule has 1 amide bonds. The molecular formula is C20H20N4O2. The summed E-state index contributed by atoms with van der Waals surface area (Å²) in [7, 11) is 0. The summed E-state index contributed by atoms with van der Waals surface area (Å²) >= 11 is 0. The van der Waals surface area contributed by atoms with Gasteiger partial charge in [0.05, 0.1) is 29.4 Å². The lowest BCUT2D eigenvalue weighted by atomic mass is 10.1. The van der Waals surface area contributed by atoms with Gasteiger partial charge in [0.1, 0.15) is 0 Å². The van der Waals surface area contributed by atoms with Crippen molar-refractivity contribution in [1.82, 2.24) is 19.9 Å². The summed E-state index contributed by atoms with van der Waals surface area (Å²) in [5.41, 5.74) is 2.96. The molecule has 26 heavy (non-hydrogen) atoms. The molecule has 132 valence electrons. The van der Waals surface area contributed by atoms with Crippen LogP contribution in [0, 0.1) is 0 Å². The second-order valence-electron chi connectivity index (χ2n) is 6.40. The predicted molar refractivity (Wildman–Crippen MR) is 97.5 cm³/mol. The zero-order valence-electron chi connectivity index (χ0n) is 14.4. The molecule has 0 N–H and O–H groups in total. The molecule has 2 aromatic heterocycles. The Morgan fingerprint density at radius 3 is 2.73 bits per heavy atom. The molecule has 1 unspecified atom stereocenters. The number of carbonyl (C=O) groups is 1. The average molecular weight is 348 g/mol. The van der Waals surface area contributed by atoms with Crippen molar-refractivity contribution in [3.05, 3.63) is 66.2 Å². The SMILES string of the molecule is O=C(c1ccc2nccnc2c1)N(Cc1ccccn1)CC1CCCO1. The highest BCUT2D eigenvalue weighted by Crippen LogP contribution is 2.18. The molecule has 1 saturated heterocycles. The fraction of sp³-hybridized carbons (Fsp3) is 0.300. The van der Waals surface area contributed by atoms with Crippen LogP contribution in [0.1, 0.15) is 28.9 Å². The summed E-state index contributed by atoms with van der Waals surface area (Å²) in [5.74, 6) is -0.0429. The third-order valence-electron chi connectivity index (χ3n) is 4.53. The standard InChI is InChI=1S/C20H20N4O2/c25-20(15-6-7-18-19(12-15)23-10-9-22-18)24(14-17-5-3-11-26-17)13-16-4-1-2-8-21-16/h1-2,4,6-10,12,17H,3,5,11,13-14H2. The maximum absolute atomic E-state index is 13.2. The van der Waals surface area contributed by atoms with Crippen LogP contribution in [0.2, 0.25) is 0 Å². The lowest BCUT2D eigenvalue weighted by Gasteiger charge is -2.25. The highest BCUT2D eigenvalue weighted by atomic mass is 16.5. The van der Waals surface area contributed by atoms with Gasteiger partial charge in [-0.2, -0.15) is 0 Å². The third-order valence-corrected chi connectivity index (χ3v) is 4.53. The van der Waals surface area contributed by atoms with Gasteiger partial charge in [0, 0.05) is 37.3 Å². The van der Waals surface area contributed by atoms with Gasteiger partial charge in [0.2, 0.25) is 0 Å². The molecule has 4 rings (SSSR count). The van der Waals surface area contributed by atoms with Crippen LogP contribution in [0.5, 0.6) is 0 Å². The number of carbonyl (C=O) groups excluding carboxylic acids is 1. The van der Waals surface area contributed by atoms with Crippen molar-refractivity contribution in [3.8, 4) is 0 Å². The Bertz CT molecular complexity index is 894. The lowest BCUT2D eigenvalue weighted by molar-refractivity contribution is 0.0504. The van der Waals surface area contributed by atoms with E-state index in [2.05, 4.69) is 15.0 Å². The van der Waals surface area contributed by atoms with E-state index in [1.165, 1.54) is 0 Å². The van der Waals surface area contributed by atoms with E-state index in [1.807, 2.05) is 29.2 Å². The molecular weight excluding hydrogens is 328 g/mol. The molecule has 1 atom stereocenters. The van der Waals surface area contributed by atoms with Gasteiger partial charge in [-0.15, -0.1) is 0 Å². The van der Waals surface area contributed by atoms with Crippen molar-refractivity contribution in [2.45, 2.75) is 25.5 Å². The summed E-state index contributed by atoms with van der Waals surface area (Å²) in [5, 5.41) is 0. The van der Waals surface area contributed by atoms with Crippen LogP contribution in [0.15, 0.2) is 55.0 Å². The van der Waals surface area contributed by atoms with E-state index in [4.69, 9.17) is 4.74 Å². The normalized spacial score (nSPS) is 16.7. The second kappa shape index (κ2) is 7.58. The first-order chi connectivity index (χ1) is 12.8. The molecule has 6 nitrogen and oxygen atoms in total. The number of rotatable bonds is 5. The van der Waals surface area contributed by atoms with Crippen LogP contribution in [0.4, 0.5) is 0 Å². The summed E-state index contributed by atoms with van der Waals surface area (Å²) in [6, 6.07) is 11.2. The van der Waals surface area contributed by atoms with Gasteiger partial charge >= 0.3 is 0 Å². The third kappa shape index (κ3) is 3.70. The quantitative estimate of drug-likeness (QED) is 0.709. The first-order valence-electron chi connectivity index (χ1n) is 8.81. The monoisotopic (exact) mass is 348 g/mol. The van der Waals surface area contributed by atoms with Crippen molar-refractivity contribution in [3.63, 3.8) is 0 Å². The Hall–Kier alpha value is -2.86. The van der Waals surface area contributed by atoms with Crippen molar-refractivity contribution < 1.29 is 9.53 Å². The number of benzene rings is 1. The number of hydrogen-bond donors (Lipinski definition) is 0. The van der Waals surface area contributed by atoms with Gasteiger partial charge < -0.3 is 9.64 Å². The topological polar surface area (TPSA) is 68.2 Å². The van der Waals surface area contributed by atoms with E-state index < -0.39 is 0 Å². The highest BCUT2D eigenvalue weighted by molar-refractivity contribution is 5.97. The van der Waals surface area contributed by atoms with E-state index >= 15 is 0 Å². The van der Waals surface area contributed by atoms with Crippen LogP contribution in [0.25, 0.3) is 11.0 Å². The Morgan fingerprint density at radius 1 is 1.08 bits per heavy atom. The van der Waals surface area contributed by atoms with Gasteiger partial charge in [0.15, 0.2) is 0 Å². The molecule has 1 fully saturated rings. The minimum absolute atomic E-state index is 0.0429. The first-order valence-corrected chi connectivity index (χ1v) is 8.81. The van der Waals surface area contributed by atoms with E-state index in [0.717, 1.165) is 30.7 Å². The van der Waals surface area contributed by atoms with Crippen LogP contribution in [-0.2, 0) is 11.3 Å². The van der Waals surface area contributed by atoms with Crippen LogP contribution in [-0.4, -0.2) is 45.0 Å². The molecule has 0 saturated carbocycles. The summed E-state index contributed by atoms with van der Waals surface area (Å²) in [4.78, 5) is 27.9. The maximum atomic E-state index is 13.2. The first kappa shape index (κ1) is 16.6. The number of ether oxygens (including phenoxy) is 1. The van der Waals surface area contributed by atoms with E-state index in [1.54, 1.807) is 30.7 Å². The van der Waals surface area contributed by atoms with Crippen LogP contribution < -0.4 is 0 Å². The van der Waals surface area contributed by atoms with Gasteiger partial charge in [-0.25, -0.2) is 0 Å². The average Bonchev–Trinajstić information content (AvgIpc) is 3.20. The number of hydrogen-bond acceptors (Lipinski definition) is 5. The molecule has 0 aliphatic carbocycles. The molecule has 6 heteroatoms. The fourth-order valence-electron chi connectivity index (χ4n) is 3.22. The lowest BCUT2D eigenvalue weighted by Crippen LogP contribution is -2.37. The van der Waals surface area contributed by atoms with Crippen molar-refractivity contribution in [2.24, 2.45) is 0 Å². The van der Waals surface area contributed by atoms with Crippen molar-refractivity contribution in [2.75, 3.05) is 13.2 Å². The van der Waals surface area contributed by atoms with Crippen LogP contribution in [0.3, 0.4) is 0 Å². The van der Waals surface area contributed by atoms with Gasteiger partial charge in [-0.3, -0.25) is 19.7 Å². The van der Waals surface area contributed by atoms with E-state index in [0.29, 0.717) is 24.2 Å². The fourth-order valence-corrected chi connectivity index (χ4v) is 3.22. The zero-order chi connectivity index (χ0) is 17.8. The van der Waals surface area contributed by atoms with Crippen molar-refractivity contribution >= 4 is 16.9 Å². The Kier molecular flexibility index (Phi) is 4.84. The molecule has 0 bridgehead atoms. The van der Waals surface area contributed by atoms with Crippen LogP contribution >= 0.6 is 0 Å². The van der Waals surface area contributed by atoms with E-state index in [9.17, 15) is 4.79 Å². The minimum atomic E-state index is -0.0429. The number of amides is 1. The smallest absolute Gasteiger partial charge is 0.254 e. The predicted octanol–water partition coefficient (Wildman–Crippen LogP) is 2.85.